The number of amides is 2. The number of nitro groups is 1. The van der Waals surface area contributed by atoms with Crippen LogP contribution in [-0.4, -0.2) is 29.4 Å². The summed E-state index contributed by atoms with van der Waals surface area (Å²) >= 11 is 11.8. The molecular weight excluding hydrogens is 421 g/mol. The van der Waals surface area contributed by atoms with E-state index in [0.29, 0.717) is 16.4 Å². The van der Waals surface area contributed by atoms with Crippen LogP contribution in [0.3, 0.4) is 0 Å². The molecule has 3 rings (SSSR count). The molecule has 1 aliphatic rings. The number of benzene rings is 2. The summed E-state index contributed by atoms with van der Waals surface area (Å²) in [5.74, 6) is -0.883. The second-order valence-corrected chi connectivity index (χ2v) is 7.61. The molecule has 0 saturated heterocycles. The number of ether oxygens (including phenoxy) is 1. The third-order valence-electron chi connectivity index (χ3n) is 4.32. The Morgan fingerprint density at radius 2 is 1.97 bits per heavy atom. The van der Waals surface area contributed by atoms with Gasteiger partial charge in [0.2, 0.25) is 5.91 Å². The quantitative estimate of drug-likeness (QED) is 0.554. The highest BCUT2D eigenvalue weighted by molar-refractivity contribution is 6.42. The van der Waals surface area contributed by atoms with E-state index < -0.39 is 22.8 Å². The third-order valence-corrected chi connectivity index (χ3v) is 5.06. The highest BCUT2D eigenvalue weighted by Crippen LogP contribution is 2.38. The summed E-state index contributed by atoms with van der Waals surface area (Å²) in [6.45, 7) is 3.29. The topological polar surface area (TPSA) is 102 Å². The first kappa shape index (κ1) is 20.9. The molecule has 1 aliphatic heterocycles. The van der Waals surface area contributed by atoms with Crippen LogP contribution in [-0.2, 0) is 9.59 Å². The van der Waals surface area contributed by atoms with Crippen LogP contribution >= 0.6 is 23.2 Å². The normalized spacial score (nSPS) is 15.7. The fraction of sp³-hybridized carbons (Fsp3) is 0.263. The lowest BCUT2D eigenvalue weighted by molar-refractivity contribution is -0.384. The molecule has 1 heterocycles. The lowest BCUT2D eigenvalue weighted by atomic mass is 10.0. The Labute approximate surface area is 176 Å². The summed E-state index contributed by atoms with van der Waals surface area (Å²) in [5.41, 5.74) is 0.553. The molecule has 29 heavy (non-hydrogen) atoms. The number of rotatable bonds is 5. The van der Waals surface area contributed by atoms with E-state index in [-0.39, 0.29) is 28.9 Å². The van der Waals surface area contributed by atoms with Gasteiger partial charge in [0.15, 0.2) is 11.9 Å². The van der Waals surface area contributed by atoms with Crippen molar-refractivity contribution in [2.45, 2.75) is 20.0 Å². The Kier molecular flexibility index (Phi) is 5.95. The molecule has 0 radical (unpaired) electrons. The number of non-ortho nitro benzene ring substituents is 1. The number of hydrogen-bond acceptors (Lipinski definition) is 5. The molecular formula is C19H17Cl2N3O5. The minimum Gasteiger partial charge on any atom is -0.478 e. The van der Waals surface area contributed by atoms with Crippen molar-refractivity contribution < 1.29 is 19.2 Å². The van der Waals surface area contributed by atoms with Crippen molar-refractivity contribution in [2.75, 3.05) is 16.8 Å². The SMILES string of the molecule is CC(C)C1Oc2cc([N+](=O)[O-])ccc2N(CC(=O)Nc2ccc(Cl)c(Cl)c2)C1=O. The second-order valence-electron chi connectivity index (χ2n) is 6.79. The van der Waals surface area contributed by atoms with Gasteiger partial charge in [0.1, 0.15) is 6.54 Å². The van der Waals surface area contributed by atoms with Gasteiger partial charge in [-0.25, -0.2) is 0 Å². The molecule has 1 unspecified atom stereocenters. The van der Waals surface area contributed by atoms with E-state index in [1.165, 1.54) is 29.2 Å². The van der Waals surface area contributed by atoms with Crippen LogP contribution in [0.1, 0.15) is 13.8 Å². The lowest BCUT2D eigenvalue weighted by Crippen LogP contribution is -2.50. The zero-order chi connectivity index (χ0) is 21.3. The van der Waals surface area contributed by atoms with Crippen molar-refractivity contribution in [3.8, 4) is 5.75 Å². The molecule has 2 aromatic rings. The van der Waals surface area contributed by atoms with Crippen LogP contribution in [0.25, 0.3) is 0 Å². The van der Waals surface area contributed by atoms with Gasteiger partial charge in [0, 0.05) is 11.8 Å². The summed E-state index contributed by atoms with van der Waals surface area (Å²) in [4.78, 5) is 37.2. The van der Waals surface area contributed by atoms with E-state index in [1.54, 1.807) is 26.0 Å². The molecule has 8 nitrogen and oxygen atoms in total. The predicted octanol–water partition coefficient (Wildman–Crippen LogP) is 4.29. The largest absolute Gasteiger partial charge is 0.478 e. The summed E-state index contributed by atoms with van der Waals surface area (Å²) in [6.07, 6.45) is -0.859. The molecule has 2 amide bonds. The molecule has 0 aromatic heterocycles. The minimum absolute atomic E-state index is 0.166. The second kappa shape index (κ2) is 8.26. The van der Waals surface area contributed by atoms with Gasteiger partial charge in [-0.15, -0.1) is 0 Å². The average Bonchev–Trinajstić information content (AvgIpc) is 2.66. The number of anilines is 2. The first-order chi connectivity index (χ1) is 13.7. The molecule has 0 spiro atoms. The number of nitrogens with zero attached hydrogens (tertiary/aromatic N) is 2. The Morgan fingerprint density at radius 1 is 1.24 bits per heavy atom. The zero-order valence-electron chi connectivity index (χ0n) is 15.5. The number of halogens is 2. The lowest BCUT2D eigenvalue weighted by Gasteiger charge is -2.35. The Hall–Kier alpha value is -2.84. The number of fused-ring (bicyclic) bond motifs is 1. The highest BCUT2D eigenvalue weighted by atomic mass is 35.5. The number of hydrogen-bond donors (Lipinski definition) is 1. The van der Waals surface area contributed by atoms with Gasteiger partial charge in [-0.2, -0.15) is 0 Å². The molecule has 152 valence electrons. The first-order valence-corrected chi connectivity index (χ1v) is 9.44. The molecule has 0 fully saturated rings. The van der Waals surface area contributed by atoms with Crippen molar-refractivity contribution in [2.24, 2.45) is 5.92 Å². The fourth-order valence-electron chi connectivity index (χ4n) is 2.90. The third kappa shape index (κ3) is 4.44. The molecule has 10 heteroatoms. The van der Waals surface area contributed by atoms with E-state index in [9.17, 15) is 19.7 Å². The minimum atomic E-state index is -0.859. The number of carbonyl (C=O) groups is 2. The van der Waals surface area contributed by atoms with Crippen molar-refractivity contribution >= 4 is 52.1 Å². The molecule has 0 saturated carbocycles. The smallest absolute Gasteiger partial charge is 0.273 e. The van der Waals surface area contributed by atoms with Crippen LogP contribution in [0, 0.1) is 16.0 Å². The zero-order valence-corrected chi connectivity index (χ0v) is 17.0. The predicted molar refractivity (Wildman–Crippen MR) is 110 cm³/mol. The standard InChI is InChI=1S/C19H17Cl2N3O5/c1-10(2)18-19(26)23(15-6-4-12(24(27)28)8-16(15)29-18)9-17(25)22-11-3-5-13(20)14(21)7-11/h3-8,10,18H,9H2,1-2H3,(H,22,25). The van der Waals surface area contributed by atoms with E-state index in [4.69, 9.17) is 27.9 Å². The van der Waals surface area contributed by atoms with Gasteiger partial charge >= 0.3 is 0 Å². The molecule has 1 atom stereocenters. The van der Waals surface area contributed by atoms with E-state index in [0.717, 1.165) is 0 Å². The van der Waals surface area contributed by atoms with Gasteiger partial charge in [0.05, 0.1) is 26.7 Å². The highest BCUT2D eigenvalue weighted by Gasteiger charge is 2.38. The molecule has 0 bridgehead atoms. The summed E-state index contributed by atoms with van der Waals surface area (Å²) in [7, 11) is 0. The molecule has 2 aromatic carbocycles. The van der Waals surface area contributed by atoms with Crippen molar-refractivity contribution in [1.82, 2.24) is 0 Å². The van der Waals surface area contributed by atoms with Crippen molar-refractivity contribution in [3.05, 3.63) is 56.6 Å². The average molecular weight is 438 g/mol. The first-order valence-electron chi connectivity index (χ1n) is 8.68. The van der Waals surface area contributed by atoms with Crippen molar-refractivity contribution in [1.29, 1.82) is 0 Å². The van der Waals surface area contributed by atoms with Crippen LogP contribution < -0.4 is 15.0 Å². The van der Waals surface area contributed by atoms with Gasteiger partial charge in [-0.05, 0) is 30.2 Å². The van der Waals surface area contributed by atoms with Gasteiger partial charge in [-0.1, -0.05) is 37.0 Å². The number of nitro benzene ring substituents is 1. The molecule has 0 aliphatic carbocycles. The van der Waals surface area contributed by atoms with E-state index in [2.05, 4.69) is 5.32 Å². The maximum atomic E-state index is 12.9. The van der Waals surface area contributed by atoms with Gasteiger partial charge < -0.3 is 10.1 Å². The summed E-state index contributed by atoms with van der Waals surface area (Å²) in [6, 6.07) is 8.53. The Morgan fingerprint density at radius 3 is 2.59 bits per heavy atom. The van der Waals surface area contributed by atoms with Crippen LogP contribution in [0.4, 0.5) is 17.1 Å². The van der Waals surface area contributed by atoms with Crippen LogP contribution in [0.15, 0.2) is 36.4 Å². The van der Waals surface area contributed by atoms with Crippen LogP contribution in [0.5, 0.6) is 5.75 Å². The van der Waals surface area contributed by atoms with Crippen LogP contribution in [0.2, 0.25) is 10.0 Å². The number of carbonyl (C=O) groups excluding carboxylic acids is 2. The Balaban J connectivity index is 1.88. The Bertz CT molecular complexity index is 996. The van der Waals surface area contributed by atoms with E-state index in [1.807, 2.05) is 0 Å². The van der Waals surface area contributed by atoms with Gasteiger partial charge in [-0.3, -0.25) is 24.6 Å². The van der Waals surface area contributed by atoms with E-state index >= 15 is 0 Å². The maximum Gasteiger partial charge on any atom is 0.273 e. The summed E-state index contributed by atoms with van der Waals surface area (Å²) < 4.78 is 5.70. The fourth-order valence-corrected chi connectivity index (χ4v) is 3.19. The monoisotopic (exact) mass is 437 g/mol. The van der Waals surface area contributed by atoms with Crippen molar-refractivity contribution in [3.63, 3.8) is 0 Å². The molecule has 1 N–H and O–H groups in total. The number of nitrogens with one attached hydrogen (secondary N) is 1. The maximum absolute atomic E-state index is 12.9. The summed E-state index contributed by atoms with van der Waals surface area (Å²) in [5, 5.41) is 14.4. The van der Waals surface area contributed by atoms with Gasteiger partial charge in [0.25, 0.3) is 11.6 Å².